The van der Waals surface area contributed by atoms with Crippen LogP contribution in [0.15, 0.2) is 48.5 Å². The third-order valence-electron chi connectivity index (χ3n) is 3.64. The maximum absolute atomic E-state index is 11.9. The number of benzene rings is 2. The number of aldehydes is 1. The van der Waals surface area contributed by atoms with Gasteiger partial charge in [0, 0.05) is 11.1 Å². The van der Waals surface area contributed by atoms with Crippen LogP contribution in [0.25, 0.3) is 11.1 Å². The molecule has 4 nitrogen and oxygen atoms in total. The van der Waals surface area contributed by atoms with Crippen LogP contribution in [0, 0.1) is 0 Å². The van der Waals surface area contributed by atoms with Gasteiger partial charge in [-0.25, -0.2) is 4.79 Å². The van der Waals surface area contributed by atoms with Crippen LogP contribution in [0.2, 0.25) is 0 Å². The number of hydrogen-bond donors (Lipinski definition) is 1. The minimum absolute atomic E-state index is 0.181. The van der Waals surface area contributed by atoms with Crippen LogP contribution in [0.5, 0.6) is 5.75 Å². The van der Waals surface area contributed by atoms with Crippen LogP contribution >= 0.6 is 0 Å². The molecule has 23 heavy (non-hydrogen) atoms. The van der Waals surface area contributed by atoms with Crippen molar-refractivity contribution in [1.82, 2.24) is 0 Å². The molecule has 0 atom stereocenters. The first kappa shape index (κ1) is 16.5. The summed E-state index contributed by atoms with van der Waals surface area (Å²) >= 11 is 0. The zero-order chi connectivity index (χ0) is 16.8. The largest absolute Gasteiger partial charge is 0.496 e. The van der Waals surface area contributed by atoms with E-state index in [1.165, 1.54) is 7.11 Å². The summed E-state index contributed by atoms with van der Waals surface area (Å²) in [6, 6.07) is 14.0. The third-order valence-corrected chi connectivity index (χ3v) is 3.64. The van der Waals surface area contributed by atoms with Crippen LogP contribution in [0.3, 0.4) is 0 Å². The zero-order valence-corrected chi connectivity index (χ0v) is 13.1. The van der Waals surface area contributed by atoms with Crippen molar-refractivity contribution in [3.05, 3.63) is 65.2 Å². The van der Waals surface area contributed by atoms with Crippen LogP contribution in [0.1, 0.15) is 34.8 Å². The number of carboxylic acids is 1. The molecule has 118 valence electrons. The number of allylic oxidation sites excluding steroid dienone is 1. The van der Waals surface area contributed by atoms with E-state index in [0.717, 1.165) is 6.29 Å². The number of ether oxygens (including phenoxy) is 1. The zero-order valence-electron chi connectivity index (χ0n) is 13.1. The third kappa shape index (κ3) is 3.31. The van der Waals surface area contributed by atoms with E-state index in [4.69, 9.17) is 4.74 Å². The molecule has 0 fully saturated rings. The highest BCUT2D eigenvalue weighted by atomic mass is 16.5. The molecule has 0 bridgehead atoms. The Labute approximate surface area is 135 Å². The molecule has 2 aromatic carbocycles. The topological polar surface area (TPSA) is 63.6 Å². The van der Waals surface area contributed by atoms with Crippen LogP contribution in [-0.2, 0) is 4.79 Å². The van der Waals surface area contributed by atoms with Crippen LogP contribution < -0.4 is 4.74 Å². The lowest BCUT2D eigenvalue weighted by Gasteiger charge is -2.16. The van der Waals surface area contributed by atoms with Gasteiger partial charge in [-0.1, -0.05) is 49.4 Å². The van der Waals surface area contributed by atoms with Crippen molar-refractivity contribution in [3.63, 3.8) is 0 Å². The van der Waals surface area contributed by atoms with E-state index in [1.54, 1.807) is 42.5 Å². The van der Waals surface area contributed by atoms with Gasteiger partial charge in [-0.3, -0.25) is 4.79 Å². The summed E-state index contributed by atoms with van der Waals surface area (Å²) in [5.74, 6) is -0.545. The van der Waals surface area contributed by atoms with Gasteiger partial charge in [-0.2, -0.15) is 0 Å². The number of rotatable bonds is 6. The molecule has 0 aliphatic carbocycles. The molecule has 0 saturated carbocycles. The molecule has 2 aromatic rings. The smallest absolute Gasteiger partial charge is 0.336 e. The predicted octanol–water partition coefficient (Wildman–Crippen LogP) is 3.91. The second-order valence-electron chi connectivity index (χ2n) is 4.92. The number of methoxy groups -OCH3 is 1. The fourth-order valence-corrected chi connectivity index (χ4v) is 2.65. The van der Waals surface area contributed by atoms with E-state index < -0.39 is 5.97 Å². The molecule has 0 radical (unpaired) electrons. The quantitative estimate of drug-likeness (QED) is 0.499. The molecule has 4 heteroatoms. The summed E-state index contributed by atoms with van der Waals surface area (Å²) in [7, 11) is 1.50. The Morgan fingerprint density at radius 1 is 1.13 bits per heavy atom. The van der Waals surface area contributed by atoms with Crippen LogP contribution in [-0.4, -0.2) is 24.5 Å². The van der Waals surface area contributed by atoms with Crippen molar-refractivity contribution in [3.8, 4) is 5.75 Å². The number of carbonyl (C=O) groups excluding carboxylic acids is 1. The highest BCUT2D eigenvalue weighted by Crippen LogP contribution is 2.36. The molecule has 0 heterocycles. The molecule has 1 N–H and O–H groups in total. The lowest BCUT2D eigenvalue weighted by atomic mass is 9.89. The molecule has 2 rings (SSSR count). The van der Waals surface area contributed by atoms with Gasteiger partial charge in [0.1, 0.15) is 5.75 Å². The van der Waals surface area contributed by atoms with Crippen molar-refractivity contribution in [2.24, 2.45) is 0 Å². The van der Waals surface area contributed by atoms with Crippen molar-refractivity contribution in [2.45, 2.75) is 13.3 Å². The summed E-state index contributed by atoms with van der Waals surface area (Å²) in [5.41, 5.74) is 2.30. The second kappa shape index (κ2) is 7.40. The van der Waals surface area contributed by atoms with Gasteiger partial charge in [-0.15, -0.1) is 0 Å². The van der Waals surface area contributed by atoms with Gasteiger partial charge in [0.25, 0.3) is 0 Å². The average Bonchev–Trinajstić information content (AvgIpc) is 2.59. The van der Waals surface area contributed by atoms with Gasteiger partial charge in [-0.05, 0) is 23.6 Å². The second-order valence-corrected chi connectivity index (χ2v) is 4.92. The van der Waals surface area contributed by atoms with Crippen molar-refractivity contribution < 1.29 is 19.4 Å². The van der Waals surface area contributed by atoms with E-state index in [1.807, 2.05) is 13.0 Å². The van der Waals surface area contributed by atoms with Gasteiger partial charge >= 0.3 is 5.97 Å². The molecule has 0 saturated heterocycles. The van der Waals surface area contributed by atoms with Crippen LogP contribution in [0.4, 0.5) is 0 Å². The van der Waals surface area contributed by atoms with Crippen molar-refractivity contribution in [2.75, 3.05) is 7.11 Å². The summed E-state index contributed by atoms with van der Waals surface area (Å²) < 4.78 is 5.35. The summed E-state index contributed by atoms with van der Waals surface area (Å²) in [4.78, 5) is 23.3. The molecular formula is C19H18O4. The Balaban J connectivity index is 2.84. The standard InChI is InChI=1S/C19H18O4/c1-3-15(17-14(12-20)10-7-11-16(17)23-2)18(19(21)22)13-8-5-4-6-9-13/h4-12H,3H2,1-2H3,(H,21,22). The first-order valence-electron chi connectivity index (χ1n) is 7.28. The number of carboxylic acid groups (broad SMARTS) is 1. The van der Waals surface area contributed by atoms with Gasteiger partial charge < -0.3 is 9.84 Å². The van der Waals surface area contributed by atoms with E-state index in [9.17, 15) is 14.7 Å². The van der Waals surface area contributed by atoms with E-state index in [2.05, 4.69) is 0 Å². The molecule has 0 aromatic heterocycles. The fourth-order valence-electron chi connectivity index (χ4n) is 2.65. The Bertz CT molecular complexity index is 745. The average molecular weight is 310 g/mol. The molecule has 0 aliphatic rings. The normalized spacial score (nSPS) is 11.6. The van der Waals surface area contributed by atoms with E-state index >= 15 is 0 Å². The summed E-state index contributed by atoms with van der Waals surface area (Å²) in [6.07, 6.45) is 1.18. The van der Waals surface area contributed by atoms with Gasteiger partial charge in [0.2, 0.25) is 0 Å². The molecule has 0 spiro atoms. The molecular weight excluding hydrogens is 292 g/mol. The van der Waals surface area contributed by atoms with E-state index in [0.29, 0.717) is 34.4 Å². The lowest BCUT2D eigenvalue weighted by molar-refractivity contribution is -0.130. The van der Waals surface area contributed by atoms with Crippen molar-refractivity contribution in [1.29, 1.82) is 0 Å². The van der Waals surface area contributed by atoms with Gasteiger partial charge in [0.05, 0.1) is 12.7 Å². The summed E-state index contributed by atoms with van der Waals surface area (Å²) in [5, 5.41) is 9.73. The number of hydrogen-bond acceptors (Lipinski definition) is 3. The minimum Gasteiger partial charge on any atom is -0.496 e. The van der Waals surface area contributed by atoms with Crippen molar-refractivity contribution >= 4 is 23.4 Å². The maximum atomic E-state index is 11.9. The van der Waals surface area contributed by atoms with E-state index in [-0.39, 0.29) is 5.57 Å². The Kier molecular flexibility index (Phi) is 5.31. The van der Waals surface area contributed by atoms with Gasteiger partial charge in [0.15, 0.2) is 6.29 Å². The first-order valence-corrected chi connectivity index (χ1v) is 7.28. The highest BCUT2D eigenvalue weighted by molar-refractivity contribution is 6.24. The summed E-state index contributed by atoms with van der Waals surface area (Å²) in [6.45, 7) is 1.86. The molecule has 0 aliphatic heterocycles. The molecule has 0 amide bonds. The number of aliphatic carboxylic acids is 1. The Morgan fingerprint density at radius 3 is 2.35 bits per heavy atom. The Hall–Kier alpha value is -2.88. The first-order chi connectivity index (χ1) is 11.1. The highest BCUT2D eigenvalue weighted by Gasteiger charge is 2.21. The monoisotopic (exact) mass is 310 g/mol. The number of carbonyl (C=O) groups is 2. The lowest BCUT2D eigenvalue weighted by Crippen LogP contribution is -2.06. The Morgan fingerprint density at radius 2 is 1.83 bits per heavy atom. The minimum atomic E-state index is -1.03. The SMILES string of the molecule is CCC(=C(C(=O)O)c1ccccc1)c1c(C=O)cccc1OC. The maximum Gasteiger partial charge on any atom is 0.336 e. The molecule has 0 unspecified atom stereocenters. The predicted molar refractivity (Wildman–Crippen MR) is 89.6 cm³/mol. The fraction of sp³-hybridized carbons (Fsp3) is 0.158.